The summed E-state index contributed by atoms with van der Waals surface area (Å²) in [6.07, 6.45) is 2.57. The molecular formula is C18H15N3. The highest BCUT2D eigenvalue weighted by atomic mass is 14.8. The van der Waals surface area contributed by atoms with Gasteiger partial charge in [0.25, 0.3) is 0 Å². The van der Waals surface area contributed by atoms with Crippen LogP contribution in [0.5, 0.6) is 0 Å². The van der Waals surface area contributed by atoms with Crippen molar-refractivity contribution in [3.8, 4) is 12.1 Å². The van der Waals surface area contributed by atoms with Crippen molar-refractivity contribution in [1.82, 2.24) is 4.98 Å². The second kappa shape index (κ2) is 5.04. The fourth-order valence-electron chi connectivity index (χ4n) is 3.53. The summed E-state index contributed by atoms with van der Waals surface area (Å²) in [7, 11) is 0. The molecule has 1 saturated carbocycles. The predicted octanol–water partition coefficient (Wildman–Crippen LogP) is 3.54. The van der Waals surface area contributed by atoms with Gasteiger partial charge in [-0.3, -0.25) is 4.98 Å². The first-order chi connectivity index (χ1) is 10.3. The van der Waals surface area contributed by atoms with E-state index in [-0.39, 0.29) is 11.8 Å². The third kappa shape index (κ3) is 1.82. The normalized spacial score (nSPS) is 26.6. The monoisotopic (exact) mass is 273 g/mol. The van der Waals surface area contributed by atoms with Gasteiger partial charge in [-0.1, -0.05) is 43.7 Å². The van der Waals surface area contributed by atoms with E-state index in [4.69, 9.17) is 0 Å². The standard InChI is InChI=1S/C18H15N3/c1-2-15-16(13-7-4-3-5-8-13)18(15,12-20)17-14(11-19)9-6-10-21-17/h3-10,15-16H,2H2,1H3. The lowest BCUT2D eigenvalue weighted by Crippen LogP contribution is -2.13. The summed E-state index contributed by atoms with van der Waals surface area (Å²) in [4.78, 5) is 4.38. The van der Waals surface area contributed by atoms with Crippen LogP contribution in [0.25, 0.3) is 0 Å². The molecule has 0 amide bonds. The fourth-order valence-corrected chi connectivity index (χ4v) is 3.53. The molecule has 0 spiro atoms. The van der Waals surface area contributed by atoms with Gasteiger partial charge < -0.3 is 0 Å². The molecule has 1 fully saturated rings. The topological polar surface area (TPSA) is 60.5 Å². The fraction of sp³-hybridized carbons (Fsp3) is 0.278. The second-order valence-corrected chi connectivity index (χ2v) is 5.40. The maximum absolute atomic E-state index is 9.86. The van der Waals surface area contributed by atoms with Gasteiger partial charge in [0.15, 0.2) is 0 Å². The molecule has 3 unspecified atom stereocenters. The molecule has 0 saturated heterocycles. The van der Waals surface area contributed by atoms with E-state index >= 15 is 0 Å². The van der Waals surface area contributed by atoms with Gasteiger partial charge in [-0.05, 0) is 23.6 Å². The number of hydrogen-bond donors (Lipinski definition) is 0. The molecule has 21 heavy (non-hydrogen) atoms. The van der Waals surface area contributed by atoms with Crippen LogP contribution in [-0.2, 0) is 5.41 Å². The van der Waals surface area contributed by atoms with Crippen LogP contribution in [0, 0.1) is 28.6 Å². The van der Waals surface area contributed by atoms with Gasteiger partial charge in [0, 0.05) is 12.1 Å². The molecule has 3 atom stereocenters. The molecule has 2 aromatic rings. The number of nitrogens with zero attached hydrogens (tertiary/aromatic N) is 3. The van der Waals surface area contributed by atoms with Crippen LogP contribution >= 0.6 is 0 Å². The SMILES string of the molecule is CCC1C(c2ccccc2)C1(C#N)c1ncccc1C#N. The molecule has 3 rings (SSSR count). The van der Waals surface area contributed by atoms with Crippen molar-refractivity contribution in [2.24, 2.45) is 5.92 Å². The number of pyridine rings is 1. The van der Waals surface area contributed by atoms with E-state index in [9.17, 15) is 10.5 Å². The van der Waals surface area contributed by atoms with Crippen LogP contribution in [0.3, 0.4) is 0 Å². The lowest BCUT2D eigenvalue weighted by Gasteiger charge is -2.10. The third-order valence-electron chi connectivity index (χ3n) is 4.47. The summed E-state index contributed by atoms with van der Waals surface area (Å²) >= 11 is 0. The van der Waals surface area contributed by atoms with Gasteiger partial charge >= 0.3 is 0 Å². The molecule has 3 heteroatoms. The van der Waals surface area contributed by atoms with E-state index in [2.05, 4.69) is 36.2 Å². The van der Waals surface area contributed by atoms with Gasteiger partial charge in [0.05, 0.1) is 17.3 Å². The first-order valence-corrected chi connectivity index (χ1v) is 7.11. The van der Waals surface area contributed by atoms with Crippen molar-refractivity contribution in [2.45, 2.75) is 24.7 Å². The Bertz CT molecular complexity index is 739. The van der Waals surface area contributed by atoms with Crippen molar-refractivity contribution < 1.29 is 0 Å². The zero-order valence-corrected chi connectivity index (χ0v) is 11.8. The van der Waals surface area contributed by atoms with Crippen LogP contribution in [0.1, 0.15) is 36.1 Å². The summed E-state index contributed by atoms with van der Waals surface area (Å²) in [5.74, 6) is 0.336. The Morgan fingerprint density at radius 1 is 1.14 bits per heavy atom. The van der Waals surface area contributed by atoms with Crippen molar-refractivity contribution in [3.63, 3.8) is 0 Å². The average Bonchev–Trinajstić information content (AvgIpc) is 3.24. The van der Waals surface area contributed by atoms with Gasteiger partial charge in [0.2, 0.25) is 0 Å². The van der Waals surface area contributed by atoms with Gasteiger partial charge in [-0.25, -0.2) is 0 Å². The number of aromatic nitrogens is 1. The molecule has 3 nitrogen and oxygen atoms in total. The molecule has 0 bridgehead atoms. The largest absolute Gasteiger partial charge is 0.258 e. The Kier molecular flexibility index (Phi) is 3.20. The van der Waals surface area contributed by atoms with Crippen LogP contribution in [0.15, 0.2) is 48.7 Å². The quantitative estimate of drug-likeness (QED) is 0.859. The zero-order chi connectivity index (χ0) is 14.9. The maximum Gasteiger partial charge on any atom is 0.111 e. The Hall–Kier alpha value is -2.65. The highest BCUT2D eigenvalue weighted by Crippen LogP contribution is 2.66. The predicted molar refractivity (Wildman–Crippen MR) is 79.2 cm³/mol. The Balaban J connectivity index is 2.14. The summed E-state index contributed by atoms with van der Waals surface area (Å²) in [6, 6.07) is 18.2. The molecule has 1 aromatic carbocycles. The van der Waals surface area contributed by atoms with E-state index in [0.29, 0.717) is 11.3 Å². The molecule has 0 radical (unpaired) electrons. The van der Waals surface area contributed by atoms with E-state index in [0.717, 1.165) is 12.0 Å². The summed E-state index contributed by atoms with van der Waals surface area (Å²) < 4.78 is 0. The van der Waals surface area contributed by atoms with Crippen molar-refractivity contribution in [3.05, 3.63) is 65.5 Å². The lowest BCUT2D eigenvalue weighted by atomic mass is 9.92. The first-order valence-electron chi connectivity index (χ1n) is 7.11. The van der Waals surface area contributed by atoms with E-state index < -0.39 is 5.41 Å². The maximum atomic E-state index is 9.86. The summed E-state index contributed by atoms with van der Waals surface area (Å²) in [5, 5.41) is 19.2. The van der Waals surface area contributed by atoms with Crippen molar-refractivity contribution in [1.29, 1.82) is 10.5 Å². The lowest BCUT2D eigenvalue weighted by molar-refractivity contribution is 0.683. The molecule has 0 aliphatic heterocycles. The van der Waals surface area contributed by atoms with Crippen LogP contribution in [0.2, 0.25) is 0 Å². The van der Waals surface area contributed by atoms with E-state index in [1.165, 1.54) is 0 Å². The molecule has 1 heterocycles. The molecule has 0 N–H and O–H groups in total. The Labute approximate surface area is 124 Å². The van der Waals surface area contributed by atoms with Gasteiger partial charge in [-0.2, -0.15) is 10.5 Å². The minimum Gasteiger partial charge on any atom is -0.258 e. The highest BCUT2D eigenvalue weighted by Gasteiger charge is 2.67. The van der Waals surface area contributed by atoms with Crippen molar-refractivity contribution >= 4 is 0 Å². The summed E-state index contributed by atoms with van der Waals surface area (Å²) in [5.41, 5.74) is 1.63. The Morgan fingerprint density at radius 3 is 2.52 bits per heavy atom. The first kappa shape index (κ1) is 13.3. The molecule has 1 aliphatic carbocycles. The molecule has 102 valence electrons. The van der Waals surface area contributed by atoms with Gasteiger partial charge in [0.1, 0.15) is 11.5 Å². The zero-order valence-electron chi connectivity index (χ0n) is 11.8. The second-order valence-electron chi connectivity index (χ2n) is 5.40. The molecule has 1 aromatic heterocycles. The van der Waals surface area contributed by atoms with Crippen LogP contribution in [0.4, 0.5) is 0 Å². The summed E-state index contributed by atoms with van der Waals surface area (Å²) in [6.45, 7) is 2.09. The minimum atomic E-state index is -0.664. The van der Waals surface area contributed by atoms with Crippen LogP contribution in [-0.4, -0.2) is 4.98 Å². The van der Waals surface area contributed by atoms with E-state index in [1.807, 2.05) is 18.2 Å². The number of benzene rings is 1. The average molecular weight is 273 g/mol. The minimum absolute atomic E-state index is 0.121. The Morgan fingerprint density at radius 2 is 1.90 bits per heavy atom. The highest BCUT2D eigenvalue weighted by molar-refractivity contribution is 5.54. The number of nitriles is 2. The smallest absolute Gasteiger partial charge is 0.111 e. The third-order valence-corrected chi connectivity index (χ3v) is 4.47. The molecular weight excluding hydrogens is 258 g/mol. The van der Waals surface area contributed by atoms with E-state index in [1.54, 1.807) is 18.3 Å². The van der Waals surface area contributed by atoms with Crippen molar-refractivity contribution in [2.75, 3.05) is 0 Å². The van der Waals surface area contributed by atoms with Crippen LogP contribution < -0.4 is 0 Å². The number of rotatable bonds is 3. The molecule has 1 aliphatic rings. The number of hydrogen-bond acceptors (Lipinski definition) is 3. The van der Waals surface area contributed by atoms with Gasteiger partial charge in [-0.15, -0.1) is 0 Å².